The summed E-state index contributed by atoms with van der Waals surface area (Å²) < 4.78 is 5.38. The average Bonchev–Trinajstić information content (AvgIpc) is 2.38. The third-order valence-corrected chi connectivity index (χ3v) is 2.81. The summed E-state index contributed by atoms with van der Waals surface area (Å²) in [5, 5.41) is 20.3. The van der Waals surface area contributed by atoms with Gasteiger partial charge < -0.3 is 9.84 Å². The fourth-order valence-electron chi connectivity index (χ4n) is 1.62. The molecule has 1 aromatic heterocycles. The van der Waals surface area contributed by atoms with Gasteiger partial charge in [-0.2, -0.15) is 0 Å². The number of halogens is 1. The Bertz CT molecular complexity index is 671. The quantitative estimate of drug-likeness (QED) is 0.685. The van der Waals surface area contributed by atoms with E-state index in [1.165, 1.54) is 24.3 Å². The van der Waals surface area contributed by atoms with Crippen LogP contribution in [0.2, 0.25) is 5.02 Å². The van der Waals surface area contributed by atoms with Crippen LogP contribution in [0, 0.1) is 17.0 Å². The second-order valence-corrected chi connectivity index (χ2v) is 4.53. The number of carboxylic acid groups (broad SMARTS) is 1. The Hall–Kier alpha value is -2.67. The monoisotopic (exact) mass is 308 g/mol. The van der Waals surface area contributed by atoms with Crippen LogP contribution >= 0.6 is 11.6 Å². The number of hydrogen-bond donors (Lipinski definition) is 1. The number of benzene rings is 1. The largest absolute Gasteiger partial charge is 0.477 e. The van der Waals surface area contributed by atoms with Crippen LogP contribution in [0.25, 0.3) is 0 Å². The van der Waals surface area contributed by atoms with E-state index in [0.29, 0.717) is 5.69 Å². The number of hydrogen-bond acceptors (Lipinski definition) is 5. The lowest BCUT2D eigenvalue weighted by Gasteiger charge is -2.09. The molecular weight excluding hydrogens is 300 g/mol. The molecule has 108 valence electrons. The molecule has 21 heavy (non-hydrogen) atoms. The molecule has 7 nitrogen and oxygen atoms in total. The van der Waals surface area contributed by atoms with E-state index in [1.54, 1.807) is 6.92 Å². The van der Waals surface area contributed by atoms with Gasteiger partial charge in [-0.25, -0.2) is 4.79 Å². The Morgan fingerprint density at radius 2 is 2.10 bits per heavy atom. The van der Waals surface area contributed by atoms with Crippen LogP contribution in [0.5, 0.6) is 11.5 Å². The number of nitro groups is 1. The van der Waals surface area contributed by atoms with Crippen molar-refractivity contribution < 1.29 is 19.6 Å². The van der Waals surface area contributed by atoms with Gasteiger partial charge in [0, 0.05) is 35.1 Å². The van der Waals surface area contributed by atoms with Crippen molar-refractivity contribution in [2.45, 2.75) is 6.92 Å². The summed E-state index contributed by atoms with van der Waals surface area (Å²) in [5.74, 6) is -1.43. The van der Waals surface area contributed by atoms with Crippen LogP contribution in [0.3, 0.4) is 0 Å². The highest BCUT2D eigenvalue weighted by Crippen LogP contribution is 2.35. The average molecular weight is 309 g/mol. The van der Waals surface area contributed by atoms with Crippen molar-refractivity contribution >= 4 is 23.3 Å². The van der Waals surface area contributed by atoms with Gasteiger partial charge in [-0.3, -0.25) is 15.1 Å². The maximum Gasteiger partial charge on any atom is 0.341 e. The highest BCUT2D eigenvalue weighted by atomic mass is 35.5. The summed E-state index contributed by atoms with van der Waals surface area (Å²) in [5.41, 5.74) is -0.000223. The molecule has 1 heterocycles. The first-order valence-corrected chi connectivity index (χ1v) is 6.08. The van der Waals surface area contributed by atoms with Gasteiger partial charge in [0.2, 0.25) is 5.75 Å². The van der Waals surface area contributed by atoms with Gasteiger partial charge in [-0.15, -0.1) is 0 Å². The minimum Gasteiger partial charge on any atom is -0.477 e. The van der Waals surface area contributed by atoms with Gasteiger partial charge in [0.05, 0.1) is 4.92 Å². The second-order valence-electron chi connectivity index (χ2n) is 4.10. The van der Waals surface area contributed by atoms with Gasteiger partial charge in [0.15, 0.2) is 0 Å². The number of carboxylic acids is 1. The Balaban J connectivity index is 2.52. The smallest absolute Gasteiger partial charge is 0.341 e. The molecule has 0 saturated heterocycles. The number of aryl methyl sites for hydroxylation is 1. The lowest BCUT2D eigenvalue weighted by Crippen LogP contribution is -2.03. The maximum absolute atomic E-state index is 11.1. The van der Waals surface area contributed by atoms with E-state index in [2.05, 4.69) is 4.98 Å². The van der Waals surface area contributed by atoms with Crippen molar-refractivity contribution in [3.8, 4) is 11.5 Å². The number of pyridine rings is 1. The van der Waals surface area contributed by atoms with Crippen molar-refractivity contribution in [2.75, 3.05) is 0 Å². The van der Waals surface area contributed by atoms with Gasteiger partial charge in [0.25, 0.3) is 0 Å². The van der Waals surface area contributed by atoms with Crippen LogP contribution in [0.15, 0.2) is 30.5 Å². The van der Waals surface area contributed by atoms with Crippen molar-refractivity contribution in [2.24, 2.45) is 0 Å². The van der Waals surface area contributed by atoms with Gasteiger partial charge in [0.1, 0.15) is 11.3 Å². The van der Waals surface area contributed by atoms with Gasteiger partial charge >= 0.3 is 11.7 Å². The fourth-order valence-corrected chi connectivity index (χ4v) is 1.78. The Labute approximate surface area is 123 Å². The van der Waals surface area contributed by atoms with E-state index in [0.717, 1.165) is 6.20 Å². The predicted molar refractivity (Wildman–Crippen MR) is 74.1 cm³/mol. The molecule has 0 atom stereocenters. The van der Waals surface area contributed by atoms with Crippen LogP contribution < -0.4 is 4.74 Å². The molecule has 0 radical (unpaired) electrons. The van der Waals surface area contributed by atoms with E-state index in [4.69, 9.17) is 21.4 Å². The third-order valence-electron chi connectivity index (χ3n) is 2.57. The Morgan fingerprint density at radius 1 is 1.38 bits per heavy atom. The SMILES string of the molecule is Cc1cc(Oc2cc(Cl)ccc2[N+](=O)[O-])c(C(=O)O)cn1. The fraction of sp³-hybridized carbons (Fsp3) is 0.0769. The highest BCUT2D eigenvalue weighted by molar-refractivity contribution is 6.30. The molecule has 0 amide bonds. The van der Waals surface area contributed by atoms with Crippen LogP contribution in [-0.2, 0) is 0 Å². The second kappa shape index (κ2) is 5.76. The molecule has 0 saturated carbocycles. The first-order valence-electron chi connectivity index (χ1n) is 5.70. The van der Waals surface area contributed by atoms with Crippen molar-refractivity contribution in [1.82, 2.24) is 4.98 Å². The lowest BCUT2D eigenvalue weighted by atomic mass is 10.2. The molecule has 0 fully saturated rings. The number of nitro benzene ring substituents is 1. The van der Waals surface area contributed by atoms with E-state index < -0.39 is 10.9 Å². The molecule has 0 unspecified atom stereocenters. The highest BCUT2D eigenvalue weighted by Gasteiger charge is 2.19. The number of rotatable bonds is 4. The Morgan fingerprint density at radius 3 is 2.71 bits per heavy atom. The molecule has 0 aliphatic rings. The molecule has 0 spiro atoms. The van der Waals surface area contributed by atoms with E-state index in [9.17, 15) is 14.9 Å². The third kappa shape index (κ3) is 3.26. The van der Waals surface area contributed by atoms with E-state index in [1.807, 2.05) is 0 Å². The van der Waals surface area contributed by atoms with Gasteiger partial charge in [-0.05, 0) is 13.0 Å². The summed E-state index contributed by atoms with van der Waals surface area (Å²) in [6, 6.07) is 5.17. The number of aromatic carboxylic acids is 1. The summed E-state index contributed by atoms with van der Waals surface area (Å²) in [6.45, 7) is 1.64. The normalized spacial score (nSPS) is 10.2. The van der Waals surface area contributed by atoms with Crippen LogP contribution in [-0.4, -0.2) is 21.0 Å². The standard InChI is InChI=1S/C13H9ClN2O5/c1-7-4-11(9(6-15-7)13(17)18)21-12-5-8(14)2-3-10(12)16(19)20/h2-6H,1H3,(H,17,18). The minimum absolute atomic E-state index is 0.0413. The van der Waals surface area contributed by atoms with Gasteiger partial charge in [-0.1, -0.05) is 11.6 Å². The molecule has 0 aliphatic heterocycles. The maximum atomic E-state index is 11.1. The number of ether oxygens (including phenoxy) is 1. The summed E-state index contributed by atoms with van der Waals surface area (Å²) in [7, 11) is 0. The van der Waals surface area contributed by atoms with Crippen molar-refractivity contribution in [3.05, 3.63) is 56.9 Å². The van der Waals surface area contributed by atoms with E-state index >= 15 is 0 Å². The zero-order chi connectivity index (χ0) is 15.6. The zero-order valence-corrected chi connectivity index (χ0v) is 11.5. The molecule has 8 heteroatoms. The van der Waals surface area contributed by atoms with Crippen LogP contribution in [0.1, 0.15) is 16.1 Å². The first kappa shape index (κ1) is 14.7. The summed E-state index contributed by atoms with van der Waals surface area (Å²) in [4.78, 5) is 25.3. The lowest BCUT2D eigenvalue weighted by molar-refractivity contribution is -0.385. The molecule has 2 rings (SSSR count). The minimum atomic E-state index is -1.25. The zero-order valence-electron chi connectivity index (χ0n) is 10.7. The van der Waals surface area contributed by atoms with Crippen LogP contribution in [0.4, 0.5) is 5.69 Å². The molecule has 0 bridgehead atoms. The Kier molecular flexibility index (Phi) is 4.04. The summed E-state index contributed by atoms with van der Waals surface area (Å²) >= 11 is 5.79. The van der Waals surface area contributed by atoms with E-state index in [-0.39, 0.29) is 27.8 Å². The molecule has 1 aromatic carbocycles. The van der Waals surface area contributed by atoms with Crippen molar-refractivity contribution in [3.63, 3.8) is 0 Å². The number of nitrogens with zero attached hydrogens (tertiary/aromatic N) is 2. The predicted octanol–water partition coefficient (Wildman–Crippen LogP) is 3.44. The number of carbonyl (C=O) groups is 1. The first-order chi connectivity index (χ1) is 9.88. The topological polar surface area (TPSA) is 103 Å². The molecule has 1 N–H and O–H groups in total. The molecule has 0 aliphatic carbocycles. The number of aromatic nitrogens is 1. The summed E-state index contributed by atoms with van der Waals surface area (Å²) in [6.07, 6.45) is 1.13. The molecular formula is C13H9ClN2O5. The van der Waals surface area contributed by atoms with Crippen molar-refractivity contribution in [1.29, 1.82) is 0 Å². The molecule has 2 aromatic rings.